The van der Waals surface area contributed by atoms with Crippen molar-refractivity contribution in [2.75, 3.05) is 13.7 Å². The maximum atomic E-state index is 13.1. The van der Waals surface area contributed by atoms with E-state index in [-0.39, 0.29) is 29.6 Å². The Bertz CT molecular complexity index is 988. The lowest BCUT2D eigenvalue weighted by Crippen LogP contribution is -2.32. The fraction of sp³-hybridized carbons (Fsp3) is 0.188. The number of carbonyl (C=O) groups excluding carboxylic acids is 1. The van der Waals surface area contributed by atoms with Gasteiger partial charge in [0.15, 0.2) is 6.61 Å². The zero-order valence-corrected chi connectivity index (χ0v) is 14.7. The third-order valence-corrected chi connectivity index (χ3v) is 4.62. The number of fused-ring (bicyclic) bond motifs is 1. The van der Waals surface area contributed by atoms with Crippen molar-refractivity contribution >= 4 is 39.1 Å². The zero-order valence-electron chi connectivity index (χ0n) is 13.1. The minimum Gasteiger partial charge on any atom is -0.484 e. The van der Waals surface area contributed by atoms with E-state index in [1.807, 2.05) is 0 Å². The number of ether oxygens (including phenoxy) is 1. The molecule has 0 bridgehead atoms. The molecule has 1 amide bonds. The number of hydrogen-bond acceptors (Lipinski definition) is 5. The number of halogens is 2. The van der Waals surface area contributed by atoms with Gasteiger partial charge in [0.1, 0.15) is 22.1 Å². The van der Waals surface area contributed by atoms with E-state index in [2.05, 4.69) is 9.97 Å². The van der Waals surface area contributed by atoms with E-state index in [1.165, 1.54) is 28.4 Å². The highest BCUT2D eigenvalue weighted by atomic mass is 35.5. The second-order valence-corrected chi connectivity index (χ2v) is 6.59. The molecule has 2 aromatic heterocycles. The van der Waals surface area contributed by atoms with E-state index >= 15 is 0 Å². The summed E-state index contributed by atoms with van der Waals surface area (Å²) in [6, 6.07) is 5.60. The molecule has 0 saturated heterocycles. The summed E-state index contributed by atoms with van der Waals surface area (Å²) >= 11 is 6.97. The van der Waals surface area contributed by atoms with E-state index in [9.17, 15) is 14.0 Å². The molecule has 130 valence electrons. The molecule has 0 aliphatic heterocycles. The topological polar surface area (TPSA) is 75.3 Å². The van der Waals surface area contributed by atoms with Crippen LogP contribution in [0.3, 0.4) is 0 Å². The highest BCUT2D eigenvalue weighted by Gasteiger charge is 2.13. The molecule has 0 unspecified atom stereocenters. The minimum absolute atomic E-state index is 0.0795. The number of thiophene rings is 1. The van der Waals surface area contributed by atoms with Gasteiger partial charge >= 0.3 is 0 Å². The number of aromatic nitrogens is 2. The van der Waals surface area contributed by atoms with Gasteiger partial charge in [0.25, 0.3) is 11.5 Å². The highest BCUT2D eigenvalue weighted by Crippen LogP contribution is 2.21. The van der Waals surface area contributed by atoms with Gasteiger partial charge in [-0.2, -0.15) is 0 Å². The van der Waals surface area contributed by atoms with Crippen LogP contribution in [0.1, 0.15) is 5.82 Å². The van der Waals surface area contributed by atoms with Crippen LogP contribution in [-0.2, 0) is 11.3 Å². The SMILES string of the molecule is CN(Cc1nc2ccsc2c(=O)[nH]1)C(=O)COc1ccc(F)c(Cl)c1. The van der Waals surface area contributed by atoms with Crippen LogP contribution in [0.5, 0.6) is 5.75 Å². The molecule has 3 aromatic rings. The summed E-state index contributed by atoms with van der Waals surface area (Å²) in [5.41, 5.74) is 0.370. The van der Waals surface area contributed by atoms with Gasteiger partial charge < -0.3 is 14.6 Å². The number of benzene rings is 1. The Morgan fingerprint density at radius 1 is 1.44 bits per heavy atom. The maximum absolute atomic E-state index is 13.1. The lowest BCUT2D eigenvalue weighted by molar-refractivity contribution is -0.132. The van der Waals surface area contributed by atoms with E-state index in [0.29, 0.717) is 21.8 Å². The molecular weight excluding hydrogens is 369 g/mol. The van der Waals surface area contributed by atoms with Gasteiger partial charge in [-0.15, -0.1) is 11.3 Å². The first-order valence-corrected chi connectivity index (χ1v) is 8.48. The summed E-state index contributed by atoms with van der Waals surface area (Å²) in [6.45, 7) is -0.114. The summed E-state index contributed by atoms with van der Waals surface area (Å²) in [7, 11) is 1.57. The standard InChI is InChI=1S/C16H13ClFN3O3S/c1-21(7-13-19-12-4-5-25-15(12)16(23)20-13)14(22)8-24-9-2-3-11(18)10(17)6-9/h2-6H,7-8H2,1H3,(H,19,20,23). The average Bonchev–Trinajstić information content (AvgIpc) is 3.04. The van der Waals surface area contributed by atoms with Crippen molar-refractivity contribution in [1.29, 1.82) is 0 Å². The molecular formula is C16H13ClFN3O3S. The van der Waals surface area contributed by atoms with E-state index in [1.54, 1.807) is 18.5 Å². The summed E-state index contributed by atoms with van der Waals surface area (Å²) in [5, 5.41) is 1.71. The number of carbonyl (C=O) groups is 1. The quantitative estimate of drug-likeness (QED) is 0.737. The first kappa shape index (κ1) is 17.4. The fourth-order valence-corrected chi connectivity index (χ4v) is 3.03. The molecule has 0 atom stereocenters. The van der Waals surface area contributed by atoms with Gasteiger partial charge in [-0.3, -0.25) is 9.59 Å². The number of hydrogen-bond donors (Lipinski definition) is 1. The monoisotopic (exact) mass is 381 g/mol. The Balaban J connectivity index is 1.63. The predicted molar refractivity (Wildman–Crippen MR) is 93.6 cm³/mol. The van der Waals surface area contributed by atoms with Crippen molar-refractivity contribution in [3.05, 3.63) is 56.7 Å². The van der Waals surface area contributed by atoms with Crippen molar-refractivity contribution in [3.63, 3.8) is 0 Å². The van der Waals surface area contributed by atoms with Crippen LogP contribution in [0, 0.1) is 5.82 Å². The molecule has 25 heavy (non-hydrogen) atoms. The van der Waals surface area contributed by atoms with Crippen molar-refractivity contribution in [1.82, 2.24) is 14.9 Å². The van der Waals surface area contributed by atoms with Crippen LogP contribution >= 0.6 is 22.9 Å². The number of likely N-dealkylation sites (N-methyl/N-ethyl adjacent to an activating group) is 1. The van der Waals surface area contributed by atoms with Gasteiger partial charge in [-0.05, 0) is 23.6 Å². The second kappa shape index (κ2) is 7.20. The molecule has 0 spiro atoms. The molecule has 1 aromatic carbocycles. The molecule has 6 nitrogen and oxygen atoms in total. The third kappa shape index (κ3) is 3.97. The number of nitrogens with one attached hydrogen (secondary N) is 1. The second-order valence-electron chi connectivity index (χ2n) is 5.26. The van der Waals surface area contributed by atoms with E-state index < -0.39 is 5.82 Å². The molecule has 3 rings (SSSR count). The average molecular weight is 382 g/mol. The highest BCUT2D eigenvalue weighted by molar-refractivity contribution is 7.17. The van der Waals surface area contributed by atoms with Crippen molar-refractivity contribution in [2.45, 2.75) is 6.54 Å². The Morgan fingerprint density at radius 3 is 3.00 bits per heavy atom. The first-order chi connectivity index (χ1) is 11.9. The number of nitrogens with zero attached hydrogens (tertiary/aromatic N) is 2. The summed E-state index contributed by atoms with van der Waals surface area (Å²) < 4.78 is 19.0. The van der Waals surface area contributed by atoms with E-state index in [0.717, 1.165) is 6.07 Å². The third-order valence-electron chi connectivity index (χ3n) is 3.43. The van der Waals surface area contributed by atoms with E-state index in [4.69, 9.17) is 16.3 Å². The summed E-state index contributed by atoms with van der Waals surface area (Å²) in [4.78, 5) is 32.4. The van der Waals surface area contributed by atoms with Crippen LogP contribution in [0.25, 0.3) is 10.2 Å². The van der Waals surface area contributed by atoms with Crippen molar-refractivity contribution in [3.8, 4) is 5.75 Å². The van der Waals surface area contributed by atoms with Crippen LogP contribution in [0.2, 0.25) is 5.02 Å². The summed E-state index contributed by atoms with van der Waals surface area (Å²) in [6.07, 6.45) is 0. The molecule has 0 saturated carbocycles. The predicted octanol–water partition coefficient (Wildman–Crippen LogP) is 2.81. The Labute approximate surface area is 150 Å². The minimum atomic E-state index is -0.559. The molecule has 1 N–H and O–H groups in total. The summed E-state index contributed by atoms with van der Waals surface area (Å²) in [5.74, 6) is -0.208. The van der Waals surface area contributed by atoms with Gasteiger partial charge in [-0.1, -0.05) is 11.6 Å². The Morgan fingerprint density at radius 2 is 2.24 bits per heavy atom. The smallest absolute Gasteiger partial charge is 0.268 e. The molecule has 0 radical (unpaired) electrons. The van der Waals surface area contributed by atoms with Gasteiger partial charge in [-0.25, -0.2) is 9.37 Å². The van der Waals surface area contributed by atoms with Crippen molar-refractivity contribution in [2.24, 2.45) is 0 Å². The van der Waals surface area contributed by atoms with Crippen LogP contribution < -0.4 is 10.3 Å². The Hall–Kier alpha value is -2.45. The lowest BCUT2D eigenvalue weighted by atomic mass is 10.3. The number of H-pyrrole nitrogens is 1. The van der Waals surface area contributed by atoms with Crippen LogP contribution in [-0.4, -0.2) is 34.4 Å². The first-order valence-electron chi connectivity index (χ1n) is 7.22. The largest absolute Gasteiger partial charge is 0.484 e. The van der Waals surface area contributed by atoms with Crippen molar-refractivity contribution < 1.29 is 13.9 Å². The lowest BCUT2D eigenvalue weighted by Gasteiger charge is -2.17. The normalized spacial score (nSPS) is 10.8. The number of amides is 1. The van der Waals surface area contributed by atoms with Crippen LogP contribution in [0.15, 0.2) is 34.4 Å². The number of aromatic amines is 1. The number of rotatable bonds is 5. The van der Waals surface area contributed by atoms with Gasteiger partial charge in [0.05, 0.1) is 17.1 Å². The maximum Gasteiger partial charge on any atom is 0.268 e. The molecule has 2 heterocycles. The Kier molecular flexibility index (Phi) is 5.00. The van der Waals surface area contributed by atoms with Crippen LogP contribution in [0.4, 0.5) is 4.39 Å². The molecule has 0 aliphatic carbocycles. The van der Waals surface area contributed by atoms with Gasteiger partial charge in [0, 0.05) is 13.1 Å². The van der Waals surface area contributed by atoms with Gasteiger partial charge in [0.2, 0.25) is 0 Å². The fourth-order valence-electron chi connectivity index (χ4n) is 2.13. The molecule has 0 fully saturated rings. The molecule has 0 aliphatic rings. The molecule has 9 heteroatoms. The zero-order chi connectivity index (χ0) is 18.0.